The van der Waals surface area contributed by atoms with Crippen LogP contribution in [0.25, 0.3) is 0 Å². The van der Waals surface area contributed by atoms with E-state index in [1.54, 1.807) is 7.11 Å². The number of methoxy groups -OCH3 is 1. The van der Waals surface area contributed by atoms with Gasteiger partial charge in [0.1, 0.15) is 5.75 Å². The third-order valence-corrected chi connectivity index (χ3v) is 4.45. The number of para-hydroxylation sites is 1. The van der Waals surface area contributed by atoms with Gasteiger partial charge in [0, 0.05) is 11.6 Å². The molecule has 1 aromatic rings. The molecule has 1 saturated carbocycles. The first-order valence-electron chi connectivity index (χ1n) is 7.57. The Bertz CT molecular complexity index is 383. The topological polar surface area (TPSA) is 21.3 Å². The van der Waals surface area contributed by atoms with Crippen LogP contribution in [0.1, 0.15) is 51.1 Å². The third-order valence-electron chi connectivity index (χ3n) is 4.45. The monoisotopic (exact) mass is 261 g/mol. The van der Waals surface area contributed by atoms with Crippen LogP contribution in [-0.4, -0.2) is 13.7 Å². The van der Waals surface area contributed by atoms with E-state index in [1.165, 1.54) is 31.2 Å². The number of hydrogen-bond acceptors (Lipinski definition) is 2. The summed E-state index contributed by atoms with van der Waals surface area (Å²) in [5, 5.41) is 3.68. The lowest BCUT2D eigenvalue weighted by Crippen LogP contribution is -2.28. The maximum absolute atomic E-state index is 5.43. The Morgan fingerprint density at radius 1 is 1.21 bits per heavy atom. The summed E-state index contributed by atoms with van der Waals surface area (Å²) in [7, 11) is 1.74. The van der Waals surface area contributed by atoms with Crippen molar-refractivity contribution in [3.63, 3.8) is 0 Å². The average Bonchev–Trinajstić information content (AvgIpc) is 2.46. The van der Waals surface area contributed by atoms with Gasteiger partial charge in [-0.15, -0.1) is 0 Å². The molecule has 1 atom stereocenters. The molecule has 0 radical (unpaired) electrons. The van der Waals surface area contributed by atoms with Gasteiger partial charge in [0.2, 0.25) is 0 Å². The molecule has 2 heteroatoms. The molecule has 0 heterocycles. The molecule has 19 heavy (non-hydrogen) atoms. The van der Waals surface area contributed by atoms with Gasteiger partial charge in [-0.3, -0.25) is 0 Å². The highest BCUT2D eigenvalue weighted by atomic mass is 16.5. The number of hydrogen-bond donors (Lipinski definition) is 1. The molecule has 0 aliphatic heterocycles. The third kappa shape index (κ3) is 3.97. The summed E-state index contributed by atoms with van der Waals surface area (Å²) in [6, 6.07) is 8.65. The summed E-state index contributed by atoms with van der Waals surface area (Å²) in [5.74, 6) is 2.77. The standard InChI is InChI=1S/C17H27NO/c1-13-8-10-15(11-9-13)12-18-14(2)16-6-4-5-7-17(16)19-3/h4-7,13-15,18H,8-12H2,1-3H3. The highest BCUT2D eigenvalue weighted by Gasteiger charge is 2.19. The van der Waals surface area contributed by atoms with E-state index in [1.807, 2.05) is 12.1 Å². The Hall–Kier alpha value is -1.02. The molecule has 1 N–H and O–H groups in total. The zero-order valence-corrected chi connectivity index (χ0v) is 12.5. The minimum Gasteiger partial charge on any atom is -0.496 e. The van der Waals surface area contributed by atoms with Crippen molar-refractivity contribution < 1.29 is 4.74 Å². The van der Waals surface area contributed by atoms with Crippen LogP contribution in [0.3, 0.4) is 0 Å². The van der Waals surface area contributed by atoms with Crippen LogP contribution in [0.2, 0.25) is 0 Å². The van der Waals surface area contributed by atoms with Gasteiger partial charge < -0.3 is 10.1 Å². The first kappa shape index (κ1) is 14.4. The van der Waals surface area contributed by atoms with Gasteiger partial charge in [-0.25, -0.2) is 0 Å². The van der Waals surface area contributed by atoms with E-state index in [2.05, 4.69) is 31.3 Å². The maximum Gasteiger partial charge on any atom is 0.123 e. The predicted molar refractivity (Wildman–Crippen MR) is 80.5 cm³/mol. The average molecular weight is 261 g/mol. The molecule has 1 aliphatic carbocycles. The van der Waals surface area contributed by atoms with Gasteiger partial charge in [-0.2, -0.15) is 0 Å². The highest BCUT2D eigenvalue weighted by Crippen LogP contribution is 2.29. The number of ether oxygens (including phenoxy) is 1. The van der Waals surface area contributed by atoms with Crippen molar-refractivity contribution >= 4 is 0 Å². The van der Waals surface area contributed by atoms with Gasteiger partial charge in [-0.05, 0) is 44.2 Å². The molecule has 0 spiro atoms. The fourth-order valence-electron chi connectivity index (χ4n) is 3.01. The van der Waals surface area contributed by atoms with Crippen molar-refractivity contribution in [2.24, 2.45) is 11.8 Å². The summed E-state index contributed by atoms with van der Waals surface area (Å²) in [6.07, 6.45) is 5.56. The van der Waals surface area contributed by atoms with E-state index in [0.717, 1.165) is 24.1 Å². The van der Waals surface area contributed by atoms with Crippen LogP contribution in [0.15, 0.2) is 24.3 Å². The molecule has 1 unspecified atom stereocenters. The summed E-state index contributed by atoms with van der Waals surface area (Å²) in [5.41, 5.74) is 1.26. The van der Waals surface area contributed by atoms with Crippen molar-refractivity contribution in [2.75, 3.05) is 13.7 Å². The van der Waals surface area contributed by atoms with E-state index in [-0.39, 0.29) is 0 Å². The van der Waals surface area contributed by atoms with E-state index in [9.17, 15) is 0 Å². The van der Waals surface area contributed by atoms with E-state index in [4.69, 9.17) is 4.74 Å². The Kier molecular flexibility index (Phi) is 5.26. The van der Waals surface area contributed by atoms with Crippen LogP contribution in [0.4, 0.5) is 0 Å². The molecule has 1 fully saturated rings. The molecule has 0 saturated heterocycles. The van der Waals surface area contributed by atoms with Crippen molar-refractivity contribution in [3.8, 4) is 5.75 Å². The zero-order chi connectivity index (χ0) is 13.7. The molecule has 1 aliphatic rings. The first-order valence-corrected chi connectivity index (χ1v) is 7.57. The van der Waals surface area contributed by atoms with Gasteiger partial charge >= 0.3 is 0 Å². The number of nitrogens with one attached hydrogen (secondary N) is 1. The fourth-order valence-corrected chi connectivity index (χ4v) is 3.01. The van der Waals surface area contributed by atoms with Crippen molar-refractivity contribution in [3.05, 3.63) is 29.8 Å². The molecular formula is C17H27NO. The molecule has 2 rings (SSSR count). The smallest absolute Gasteiger partial charge is 0.123 e. The van der Waals surface area contributed by atoms with Crippen LogP contribution in [-0.2, 0) is 0 Å². The molecular weight excluding hydrogens is 234 g/mol. The highest BCUT2D eigenvalue weighted by molar-refractivity contribution is 5.35. The Morgan fingerprint density at radius 3 is 2.58 bits per heavy atom. The second kappa shape index (κ2) is 6.95. The Labute approximate surface area is 117 Å². The second-order valence-corrected chi connectivity index (χ2v) is 6.00. The quantitative estimate of drug-likeness (QED) is 0.859. The van der Waals surface area contributed by atoms with Gasteiger partial charge in [0.25, 0.3) is 0 Å². The predicted octanol–water partition coefficient (Wildman–Crippen LogP) is 4.17. The molecule has 0 bridgehead atoms. The van der Waals surface area contributed by atoms with Gasteiger partial charge in [0.15, 0.2) is 0 Å². The first-order chi connectivity index (χ1) is 9.20. The summed E-state index contributed by atoms with van der Waals surface area (Å²) in [4.78, 5) is 0. The van der Waals surface area contributed by atoms with Gasteiger partial charge in [-0.1, -0.05) is 38.0 Å². The SMILES string of the molecule is COc1ccccc1C(C)NCC1CCC(C)CC1. The number of rotatable bonds is 5. The number of benzene rings is 1. The fraction of sp³-hybridized carbons (Fsp3) is 0.647. The second-order valence-electron chi connectivity index (χ2n) is 6.00. The Balaban J connectivity index is 1.85. The van der Waals surface area contributed by atoms with Crippen LogP contribution in [0, 0.1) is 11.8 Å². The minimum absolute atomic E-state index is 0.357. The van der Waals surface area contributed by atoms with Crippen LogP contribution < -0.4 is 10.1 Å². The molecule has 1 aromatic carbocycles. The normalized spacial score (nSPS) is 25.0. The molecule has 0 amide bonds. The molecule has 106 valence electrons. The van der Waals surface area contributed by atoms with E-state index in [0.29, 0.717) is 6.04 Å². The van der Waals surface area contributed by atoms with Crippen molar-refractivity contribution in [1.82, 2.24) is 5.32 Å². The maximum atomic E-state index is 5.43. The van der Waals surface area contributed by atoms with Crippen molar-refractivity contribution in [2.45, 2.75) is 45.6 Å². The minimum atomic E-state index is 0.357. The van der Waals surface area contributed by atoms with Crippen LogP contribution >= 0.6 is 0 Å². The van der Waals surface area contributed by atoms with E-state index < -0.39 is 0 Å². The molecule has 0 aromatic heterocycles. The summed E-state index contributed by atoms with van der Waals surface area (Å²) in [6.45, 7) is 5.73. The van der Waals surface area contributed by atoms with E-state index >= 15 is 0 Å². The Morgan fingerprint density at radius 2 is 1.89 bits per heavy atom. The van der Waals surface area contributed by atoms with Gasteiger partial charge in [0.05, 0.1) is 7.11 Å². The largest absolute Gasteiger partial charge is 0.496 e. The lowest BCUT2D eigenvalue weighted by atomic mass is 9.83. The van der Waals surface area contributed by atoms with Crippen molar-refractivity contribution in [1.29, 1.82) is 0 Å². The van der Waals surface area contributed by atoms with Crippen LogP contribution in [0.5, 0.6) is 5.75 Å². The lowest BCUT2D eigenvalue weighted by Gasteiger charge is -2.28. The lowest BCUT2D eigenvalue weighted by molar-refractivity contribution is 0.275. The molecule has 2 nitrogen and oxygen atoms in total. The summed E-state index contributed by atoms with van der Waals surface area (Å²) >= 11 is 0. The summed E-state index contributed by atoms with van der Waals surface area (Å²) < 4.78 is 5.43. The zero-order valence-electron chi connectivity index (χ0n) is 12.5.